The molecule has 76 valence electrons. The molecule has 2 fully saturated rings. The van der Waals surface area contributed by atoms with E-state index < -0.39 is 0 Å². The maximum absolute atomic E-state index is 3.50. The molecule has 0 aromatic carbocycles. The van der Waals surface area contributed by atoms with E-state index in [0.717, 1.165) is 23.7 Å². The fourth-order valence-corrected chi connectivity index (χ4v) is 3.10. The highest BCUT2D eigenvalue weighted by atomic mass is 14.9. The Kier molecular flexibility index (Phi) is 2.92. The Morgan fingerprint density at radius 3 is 2.38 bits per heavy atom. The zero-order chi connectivity index (χ0) is 9.26. The maximum atomic E-state index is 3.50. The van der Waals surface area contributed by atoms with Crippen LogP contribution in [0.25, 0.3) is 0 Å². The monoisotopic (exact) mass is 181 g/mol. The van der Waals surface area contributed by atoms with Crippen LogP contribution in [0.1, 0.15) is 39.5 Å². The lowest BCUT2D eigenvalue weighted by atomic mass is 9.71. The minimum absolute atomic E-state index is 0.972. The van der Waals surface area contributed by atoms with Gasteiger partial charge in [0.2, 0.25) is 0 Å². The lowest BCUT2D eigenvalue weighted by Crippen LogP contribution is -2.27. The fraction of sp³-hybridized carbons (Fsp3) is 1.00. The summed E-state index contributed by atoms with van der Waals surface area (Å²) in [5.74, 6) is 4.00. The Balaban J connectivity index is 1.87. The minimum Gasteiger partial charge on any atom is -0.316 e. The van der Waals surface area contributed by atoms with E-state index in [1.54, 1.807) is 0 Å². The zero-order valence-corrected chi connectivity index (χ0v) is 9.05. The second-order valence-corrected chi connectivity index (χ2v) is 5.28. The molecule has 1 N–H and O–H groups in total. The van der Waals surface area contributed by atoms with Gasteiger partial charge in [0.1, 0.15) is 0 Å². The Morgan fingerprint density at radius 2 is 1.77 bits per heavy atom. The van der Waals surface area contributed by atoms with Gasteiger partial charge in [0.15, 0.2) is 0 Å². The van der Waals surface area contributed by atoms with Gasteiger partial charge >= 0.3 is 0 Å². The fourth-order valence-electron chi connectivity index (χ4n) is 3.10. The highest BCUT2D eigenvalue weighted by Gasteiger charge is 2.31. The topological polar surface area (TPSA) is 12.0 Å². The molecular weight excluding hydrogens is 158 g/mol. The standard InChI is InChI=1S/C12H23N/c1-9-3-4-11(7-10(9)2)12-5-6-13-8-12/h9-13H,3-8H2,1-2H3. The summed E-state index contributed by atoms with van der Waals surface area (Å²) in [7, 11) is 0. The highest BCUT2D eigenvalue weighted by molar-refractivity contribution is 4.84. The Morgan fingerprint density at radius 1 is 0.923 bits per heavy atom. The first-order valence-electron chi connectivity index (χ1n) is 5.98. The number of hydrogen-bond acceptors (Lipinski definition) is 1. The summed E-state index contributed by atoms with van der Waals surface area (Å²) >= 11 is 0. The molecule has 0 aromatic heterocycles. The van der Waals surface area contributed by atoms with Crippen LogP contribution in [-0.4, -0.2) is 13.1 Å². The quantitative estimate of drug-likeness (QED) is 0.656. The predicted octanol–water partition coefficient (Wildman–Crippen LogP) is 2.67. The molecule has 0 bridgehead atoms. The highest BCUT2D eigenvalue weighted by Crippen LogP contribution is 2.38. The average Bonchev–Trinajstić information content (AvgIpc) is 2.62. The zero-order valence-electron chi connectivity index (χ0n) is 9.05. The van der Waals surface area contributed by atoms with Crippen molar-refractivity contribution in [3.05, 3.63) is 0 Å². The van der Waals surface area contributed by atoms with Crippen molar-refractivity contribution in [3.8, 4) is 0 Å². The molecule has 4 unspecified atom stereocenters. The smallest absolute Gasteiger partial charge is 0.00174 e. The third-order valence-corrected chi connectivity index (χ3v) is 4.40. The van der Waals surface area contributed by atoms with E-state index in [1.165, 1.54) is 38.8 Å². The first-order chi connectivity index (χ1) is 6.27. The Labute approximate surface area is 82.3 Å². The molecule has 2 aliphatic rings. The van der Waals surface area contributed by atoms with Crippen LogP contribution in [0.5, 0.6) is 0 Å². The van der Waals surface area contributed by atoms with Crippen molar-refractivity contribution in [3.63, 3.8) is 0 Å². The molecule has 1 nitrogen and oxygen atoms in total. The molecule has 0 radical (unpaired) electrons. The molecular formula is C12H23N. The van der Waals surface area contributed by atoms with E-state index >= 15 is 0 Å². The van der Waals surface area contributed by atoms with Crippen LogP contribution in [0.2, 0.25) is 0 Å². The summed E-state index contributed by atoms with van der Waals surface area (Å²) in [6.07, 6.45) is 5.90. The lowest BCUT2D eigenvalue weighted by Gasteiger charge is -2.35. The summed E-state index contributed by atoms with van der Waals surface area (Å²) in [5.41, 5.74) is 0. The third kappa shape index (κ3) is 2.07. The third-order valence-electron chi connectivity index (χ3n) is 4.40. The van der Waals surface area contributed by atoms with Crippen molar-refractivity contribution >= 4 is 0 Å². The average molecular weight is 181 g/mol. The van der Waals surface area contributed by atoms with Crippen molar-refractivity contribution in [2.75, 3.05) is 13.1 Å². The van der Waals surface area contributed by atoms with Crippen LogP contribution in [-0.2, 0) is 0 Å². The summed E-state index contributed by atoms with van der Waals surface area (Å²) in [6, 6.07) is 0. The molecule has 1 heteroatoms. The van der Waals surface area contributed by atoms with E-state index in [0.29, 0.717) is 0 Å². The molecule has 1 saturated heterocycles. The van der Waals surface area contributed by atoms with E-state index in [-0.39, 0.29) is 0 Å². The van der Waals surface area contributed by atoms with Gasteiger partial charge in [-0.2, -0.15) is 0 Å². The van der Waals surface area contributed by atoms with Crippen LogP contribution in [0.4, 0.5) is 0 Å². The second-order valence-electron chi connectivity index (χ2n) is 5.28. The van der Waals surface area contributed by atoms with Crippen molar-refractivity contribution in [2.24, 2.45) is 23.7 Å². The molecule has 0 aromatic rings. The second kappa shape index (κ2) is 4.00. The van der Waals surface area contributed by atoms with E-state index in [9.17, 15) is 0 Å². The molecule has 2 rings (SSSR count). The lowest BCUT2D eigenvalue weighted by molar-refractivity contribution is 0.163. The SMILES string of the molecule is CC1CCC(C2CCNC2)CC1C. The normalized spacial score (nSPS) is 46.6. The van der Waals surface area contributed by atoms with Gasteiger partial charge in [0.25, 0.3) is 0 Å². The maximum Gasteiger partial charge on any atom is -0.00174 e. The van der Waals surface area contributed by atoms with Gasteiger partial charge in [0, 0.05) is 0 Å². The van der Waals surface area contributed by atoms with Gasteiger partial charge in [-0.15, -0.1) is 0 Å². The van der Waals surface area contributed by atoms with E-state index in [4.69, 9.17) is 0 Å². The molecule has 13 heavy (non-hydrogen) atoms. The number of nitrogens with one attached hydrogen (secondary N) is 1. The summed E-state index contributed by atoms with van der Waals surface area (Å²) in [5, 5.41) is 3.50. The summed E-state index contributed by atoms with van der Waals surface area (Å²) < 4.78 is 0. The molecule has 1 aliphatic carbocycles. The van der Waals surface area contributed by atoms with E-state index in [2.05, 4.69) is 19.2 Å². The molecule has 1 aliphatic heterocycles. The van der Waals surface area contributed by atoms with Crippen molar-refractivity contribution in [2.45, 2.75) is 39.5 Å². The predicted molar refractivity (Wildman–Crippen MR) is 56.6 cm³/mol. The van der Waals surface area contributed by atoms with Gasteiger partial charge in [-0.3, -0.25) is 0 Å². The minimum atomic E-state index is 0.972. The number of hydrogen-bond donors (Lipinski definition) is 1. The van der Waals surface area contributed by atoms with Crippen molar-refractivity contribution in [1.29, 1.82) is 0 Å². The van der Waals surface area contributed by atoms with Crippen LogP contribution >= 0.6 is 0 Å². The summed E-state index contributed by atoms with van der Waals surface area (Å²) in [6.45, 7) is 7.43. The Hall–Kier alpha value is -0.0400. The molecule has 1 saturated carbocycles. The molecule has 0 amide bonds. The van der Waals surface area contributed by atoms with Crippen LogP contribution in [0, 0.1) is 23.7 Å². The van der Waals surface area contributed by atoms with Crippen molar-refractivity contribution < 1.29 is 0 Å². The molecule has 1 heterocycles. The van der Waals surface area contributed by atoms with Gasteiger partial charge in [-0.05, 0) is 56.0 Å². The van der Waals surface area contributed by atoms with Gasteiger partial charge < -0.3 is 5.32 Å². The van der Waals surface area contributed by atoms with Crippen LogP contribution in [0.3, 0.4) is 0 Å². The van der Waals surface area contributed by atoms with Gasteiger partial charge in [-0.25, -0.2) is 0 Å². The largest absolute Gasteiger partial charge is 0.316 e. The van der Waals surface area contributed by atoms with Gasteiger partial charge in [0.05, 0.1) is 0 Å². The Bertz CT molecular complexity index is 161. The van der Waals surface area contributed by atoms with Crippen LogP contribution in [0.15, 0.2) is 0 Å². The first kappa shape index (κ1) is 9.51. The van der Waals surface area contributed by atoms with Gasteiger partial charge in [-0.1, -0.05) is 20.3 Å². The molecule has 4 atom stereocenters. The first-order valence-corrected chi connectivity index (χ1v) is 5.98. The van der Waals surface area contributed by atoms with Crippen molar-refractivity contribution in [1.82, 2.24) is 5.32 Å². The number of rotatable bonds is 1. The summed E-state index contributed by atoms with van der Waals surface area (Å²) in [4.78, 5) is 0. The van der Waals surface area contributed by atoms with E-state index in [1.807, 2.05) is 0 Å². The van der Waals surface area contributed by atoms with Crippen LogP contribution < -0.4 is 5.32 Å². The molecule has 0 spiro atoms.